The van der Waals surface area contributed by atoms with Crippen molar-refractivity contribution in [3.8, 4) is 5.75 Å². The van der Waals surface area contributed by atoms with Gasteiger partial charge in [-0.05, 0) is 67.4 Å². The molecule has 0 saturated heterocycles. The van der Waals surface area contributed by atoms with Crippen molar-refractivity contribution in [2.24, 2.45) is 0 Å². The Morgan fingerprint density at radius 2 is 1.97 bits per heavy atom. The highest BCUT2D eigenvalue weighted by Gasteiger charge is 2.19. The van der Waals surface area contributed by atoms with Crippen LogP contribution in [0.3, 0.4) is 0 Å². The first-order chi connectivity index (χ1) is 16.0. The number of nitrogens with one attached hydrogen (secondary N) is 2. The second kappa shape index (κ2) is 10.1. The van der Waals surface area contributed by atoms with Gasteiger partial charge in [-0.2, -0.15) is 0 Å². The molecule has 3 aromatic heterocycles. The molecule has 0 aliphatic heterocycles. The Morgan fingerprint density at radius 3 is 2.73 bits per heavy atom. The number of nitrogens with zero attached hydrogens (tertiary/aromatic N) is 1. The van der Waals surface area contributed by atoms with Crippen molar-refractivity contribution < 1.29 is 18.7 Å². The van der Waals surface area contributed by atoms with Gasteiger partial charge in [-0.3, -0.25) is 14.6 Å². The number of aryl methyl sites for hydroxylation is 1. The van der Waals surface area contributed by atoms with Gasteiger partial charge in [-0.15, -0.1) is 11.3 Å². The van der Waals surface area contributed by atoms with Crippen LogP contribution in [0.25, 0.3) is 0 Å². The number of furan rings is 1. The number of ether oxygens (including phenoxy) is 1. The van der Waals surface area contributed by atoms with Crippen molar-refractivity contribution in [1.29, 1.82) is 0 Å². The van der Waals surface area contributed by atoms with Crippen LogP contribution in [-0.2, 0) is 6.61 Å². The summed E-state index contributed by atoms with van der Waals surface area (Å²) in [5, 5.41) is 6.37. The predicted octanol–water partition coefficient (Wildman–Crippen LogP) is 5.37. The molecule has 0 fully saturated rings. The van der Waals surface area contributed by atoms with E-state index in [0.29, 0.717) is 22.2 Å². The predicted molar refractivity (Wildman–Crippen MR) is 127 cm³/mol. The number of pyridine rings is 1. The second-order valence-electron chi connectivity index (χ2n) is 7.43. The molecule has 1 aromatic carbocycles. The van der Waals surface area contributed by atoms with Gasteiger partial charge in [-0.25, -0.2) is 0 Å². The van der Waals surface area contributed by atoms with E-state index in [1.165, 1.54) is 17.6 Å². The number of carbonyl (C=O) groups excluding carboxylic acids is 2. The van der Waals surface area contributed by atoms with Crippen LogP contribution >= 0.6 is 11.3 Å². The summed E-state index contributed by atoms with van der Waals surface area (Å²) < 4.78 is 10.9. The van der Waals surface area contributed by atoms with Gasteiger partial charge in [0.1, 0.15) is 12.4 Å². The Kier molecular flexibility index (Phi) is 6.85. The molecular weight excluding hydrogens is 438 g/mol. The lowest BCUT2D eigenvalue weighted by Gasteiger charge is -2.15. The van der Waals surface area contributed by atoms with Crippen molar-refractivity contribution >= 4 is 28.2 Å². The molecule has 2 amide bonds. The Balaban J connectivity index is 1.38. The monoisotopic (exact) mass is 461 g/mol. The maximum atomic E-state index is 12.9. The molecule has 0 spiro atoms. The van der Waals surface area contributed by atoms with Crippen LogP contribution < -0.4 is 15.4 Å². The highest BCUT2D eigenvalue weighted by atomic mass is 32.1. The number of hydrogen-bond acceptors (Lipinski definition) is 6. The molecule has 168 valence electrons. The summed E-state index contributed by atoms with van der Waals surface area (Å²) in [5.74, 6) is 0.354. The summed E-state index contributed by atoms with van der Waals surface area (Å²) in [6.07, 6.45) is 3.17. The lowest BCUT2D eigenvalue weighted by molar-refractivity contribution is 0.0942. The maximum absolute atomic E-state index is 12.9. The highest BCUT2D eigenvalue weighted by molar-refractivity contribution is 7.18. The van der Waals surface area contributed by atoms with Gasteiger partial charge in [0.2, 0.25) is 0 Å². The van der Waals surface area contributed by atoms with Gasteiger partial charge in [0, 0.05) is 6.20 Å². The summed E-state index contributed by atoms with van der Waals surface area (Å²) >= 11 is 1.22. The molecule has 33 heavy (non-hydrogen) atoms. The van der Waals surface area contributed by atoms with E-state index >= 15 is 0 Å². The van der Waals surface area contributed by atoms with Crippen LogP contribution in [0.4, 0.5) is 5.00 Å². The number of aromatic nitrogens is 1. The van der Waals surface area contributed by atoms with Crippen molar-refractivity contribution in [3.05, 3.63) is 101 Å². The lowest BCUT2D eigenvalue weighted by Crippen LogP contribution is -2.26. The number of benzene rings is 1. The van der Waals surface area contributed by atoms with Crippen LogP contribution in [0.5, 0.6) is 5.75 Å². The van der Waals surface area contributed by atoms with E-state index in [1.807, 2.05) is 56.3 Å². The molecule has 4 rings (SSSR count). The molecule has 4 aromatic rings. The van der Waals surface area contributed by atoms with Crippen molar-refractivity contribution in [2.75, 3.05) is 5.32 Å². The van der Waals surface area contributed by atoms with Crippen molar-refractivity contribution in [1.82, 2.24) is 10.3 Å². The molecule has 1 unspecified atom stereocenters. The number of carbonyl (C=O) groups is 2. The summed E-state index contributed by atoms with van der Waals surface area (Å²) in [5.41, 5.74) is 2.54. The molecule has 0 aliphatic rings. The van der Waals surface area contributed by atoms with E-state index < -0.39 is 0 Å². The van der Waals surface area contributed by atoms with Crippen molar-refractivity contribution in [2.45, 2.75) is 26.5 Å². The van der Waals surface area contributed by atoms with Crippen molar-refractivity contribution in [3.63, 3.8) is 0 Å². The first-order valence-corrected chi connectivity index (χ1v) is 11.2. The van der Waals surface area contributed by atoms with E-state index in [2.05, 4.69) is 15.6 Å². The van der Waals surface area contributed by atoms with Gasteiger partial charge in [-0.1, -0.05) is 18.2 Å². The fourth-order valence-electron chi connectivity index (χ4n) is 3.21. The third-order valence-corrected chi connectivity index (χ3v) is 6.08. The summed E-state index contributed by atoms with van der Waals surface area (Å²) in [6, 6.07) is 18.1. The zero-order chi connectivity index (χ0) is 23.2. The minimum Gasteiger partial charge on any atom is -0.487 e. The fraction of sp³-hybridized carbons (Fsp3) is 0.160. The smallest absolute Gasteiger partial charge is 0.291 e. The summed E-state index contributed by atoms with van der Waals surface area (Å²) in [4.78, 5) is 29.9. The number of hydrogen-bond donors (Lipinski definition) is 2. The molecule has 0 aliphatic carbocycles. The average molecular weight is 462 g/mol. The Labute approximate surface area is 195 Å². The van der Waals surface area contributed by atoms with Gasteiger partial charge < -0.3 is 19.8 Å². The third kappa shape index (κ3) is 5.67. The lowest BCUT2D eigenvalue weighted by atomic mass is 10.1. The molecule has 7 nitrogen and oxygen atoms in total. The Morgan fingerprint density at radius 1 is 1.09 bits per heavy atom. The minimum atomic E-state index is -0.357. The molecule has 8 heteroatoms. The van der Waals surface area contributed by atoms with Gasteiger partial charge in [0.15, 0.2) is 5.76 Å². The Hall–Kier alpha value is -3.91. The third-order valence-electron chi connectivity index (χ3n) is 4.92. The number of thiophene rings is 1. The zero-order valence-corrected chi connectivity index (χ0v) is 19.0. The van der Waals surface area contributed by atoms with Gasteiger partial charge >= 0.3 is 0 Å². The Bertz CT molecular complexity index is 1240. The molecule has 2 N–H and O–H groups in total. The molecular formula is C25H23N3O4S. The average Bonchev–Trinajstić information content (AvgIpc) is 3.48. The fourth-order valence-corrected chi connectivity index (χ4v) is 4.18. The quantitative estimate of drug-likeness (QED) is 0.368. The van der Waals surface area contributed by atoms with Crippen LogP contribution in [0.1, 0.15) is 50.0 Å². The van der Waals surface area contributed by atoms with Gasteiger partial charge in [0.05, 0.1) is 27.9 Å². The SMILES string of the molecule is Cc1cc(NC(=O)c2ccco2)sc1C(=O)NC(C)c1cccc(OCc2ccccn2)c1. The largest absolute Gasteiger partial charge is 0.487 e. The number of amides is 2. The highest BCUT2D eigenvalue weighted by Crippen LogP contribution is 2.28. The molecule has 0 radical (unpaired) electrons. The van der Waals surface area contributed by atoms with E-state index in [4.69, 9.17) is 9.15 Å². The normalized spacial score (nSPS) is 11.6. The van der Waals surface area contributed by atoms with E-state index in [1.54, 1.807) is 24.4 Å². The van der Waals surface area contributed by atoms with Crippen LogP contribution in [0.2, 0.25) is 0 Å². The number of anilines is 1. The molecule has 0 bridgehead atoms. The molecule has 3 heterocycles. The first-order valence-electron chi connectivity index (χ1n) is 10.4. The molecule has 1 atom stereocenters. The minimum absolute atomic E-state index is 0.205. The van der Waals surface area contributed by atoms with Crippen LogP contribution in [-0.4, -0.2) is 16.8 Å². The van der Waals surface area contributed by atoms with E-state index in [-0.39, 0.29) is 23.6 Å². The summed E-state index contributed by atoms with van der Waals surface area (Å²) in [7, 11) is 0. The standard InChI is InChI=1S/C25H23N3O4S/c1-16-13-22(28-24(29)21-10-6-12-31-21)33-23(16)25(30)27-17(2)18-7-5-9-20(14-18)32-15-19-8-3-4-11-26-19/h3-14,17H,15H2,1-2H3,(H,27,30)(H,28,29). The zero-order valence-electron chi connectivity index (χ0n) is 18.2. The van der Waals surface area contributed by atoms with Gasteiger partial charge in [0.25, 0.3) is 11.8 Å². The topological polar surface area (TPSA) is 93.5 Å². The first kappa shape index (κ1) is 22.3. The van der Waals surface area contributed by atoms with E-state index in [0.717, 1.165) is 16.8 Å². The second-order valence-corrected chi connectivity index (χ2v) is 8.48. The molecule has 0 saturated carbocycles. The van der Waals surface area contributed by atoms with Crippen LogP contribution in [0.15, 0.2) is 77.5 Å². The maximum Gasteiger partial charge on any atom is 0.291 e. The van der Waals surface area contributed by atoms with E-state index in [9.17, 15) is 9.59 Å². The van der Waals surface area contributed by atoms with Crippen LogP contribution in [0, 0.1) is 6.92 Å². The number of rotatable bonds is 8. The summed E-state index contributed by atoms with van der Waals surface area (Å²) in [6.45, 7) is 4.12.